The van der Waals surface area contributed by atoms with Crippen LogP contribution in [0.25, 0.3) is 11.5 Å². The molecular formula is C24H29N5O3. The second-order valence-corrected chi connectivity index (χ2v) is 8.24. The molecule has 1 aliphatic rings. The minimum Gasteiger partial charge on any atom is -0.374 e. The van der Waals surface area contributed by atoms with E-state index in [1.165, 1.54) is 5.56 Å². The maximum absolute atomic E-state index is 12.3. The quantitative estimate of drug-likeness (QED) is 0.585. The molecule has 4 rings (SSSR count). The summed E-state index contributed by atoms with van der Waals surface area (Å²) in [5.41, 5.74) is 2.78. The van der Waals surface area contributed by atoms with E-state index >= 15 is 0 Å². The Hall–Kier alpha value is -3.23. The van der Waals surface area contributed by atoms with E-state index in [-0.39, 0.29) is 18.1 Å². The van der Waals surface area contributed by atoms with Gasteiger partial charge in [-0.15, -0.1) is 0 Å². The van der Waals surface area contributed by atoms with Crippen molar-refractivity contribution in [3.05, 3.63) is 66.0 Å². The fourth-order valence-corrected chi connectivity index (χ4v) is 3.55. The van der Waals surface area contributed by atoms with Crippen LogP contribution in [0, 0.1) is 0 Å². The lowest BCUT2D eigenvalue weighted by atomic mass is 10.2. The third kappa shape index (κ3) is 5.93. The van der Waals surface area contributed by atoms with Gasteiger partial charge in [-0.1, -0.05) is 49.3 Å². The molecule has 1 saturated heterocycles. The number of carbonyl (C=O) groups excluding carboxylic acids is 1. The average molecular weight is 436 g/mol. The number of rotatable bonds is 7. The van der Waals surface area contributed by atoms with Crippen molar-refractivity contribution in [2.75, 3.05) is 31.6 Å². The minimum absolute atomic E-state index is 0.0340. The first kappa shape index (κ1) is 22.0. The summed E-state index contributed by atoms with van der Waals surface area (Å²) in [7, 11) is 0. The third-order valence-electron chi connectivity index (χ3n) is 5.31. The van der Waals surface area contributed by atoms with Crippen molar-refractivity contribution >= 4 is 11.7 Å². The summed E-state index contributed by atoms with van der Waals surface area (Å²) in [6.45, 7) is 7.71. The summed E-state index contributed by atoms with van der Waals surface area (Å²) in [6, 6.07) is 17.4. The number of nitrogens with one attached hydrogen (secondary N) is 2. The van der Waals surface area contributed by atoms with Gasteiger partial charge in [0.25, 0.3) is 5.89 Å². The number of urea groups is 1. The fourth-order valence-electron chi connectivity index (χ4n) is 3.55. The molecule has 3 aromatic rings. The lowest BCUT2D eigenvalue weighted by Crippen LogP contribution is -2.47. The van der Waals surface area contributed by atoms with Gasteiger partial charge >= 0.3 is 6.03 Å². The molecule has 1 aliphatic heterocycles. The van der Waals surface area contributed by atoms with Crippen LogP contribution in [-0.4, -0.2) is 53.4 Å². The largest absolute Gasteiger partial charge is 0.374 e. The van der Waals surface area contributed by atoms with E-state index < -0.39 is 0 Å². The van der Waals surface area contributed by atoms with Crippen molar-refractivity contribution in [3.63, 3.8) is 0 Å². The summed E-state index contributed by atoms with van der Waals surface area (Å²) in [5.74, 6) is 1.35. The number of aromatic nitrogens is 2. The number of ether oxygens (including phenoxy) is 1. The minimum atomic E-state index is -0.263. The number of anilines is 1. The zero-order valence-electron chi connectivity index (χ0n) is 18.5. The number of amides is 2. The number of hydrogen-bond donors (Lipinski definition) is 2. The third-order valence-corrected chi connectivity index (χ3v) is 5.31. The Morgan fingerprint density at radius 2 is 1.94 bits per heavy atom. The number of hydrogen-bond acceptors (Lipinski definition) is 6. The van der Waals surface area contributed by atoms with E-state index in [4.69, 9.17) is 9.26 Å². The summed E-state index contributed by atoms with van der Waals surface area (Å²) in [4.78, 5) is 19.1. The Bertz CT molecular complexity index is 1000. The molecule has 0 radical (unpaired) electrons. The van der Waals surface area contributed by atoms with Crippen LogP contribution < -0.4 is 10.6 Å². The Kier molecular flexibility index (Phi) is 7.14. The lowest BCUT2D eigenvalue weighted by Gasteiger charge is -2.33. The summed E-state index contributed by atoms with van der Waals surface area (Å²) in [5, 5.41) is 9.73. The van der Waals surface area contributed by atoms with Gasteiger partial charge in [-0.25, -0.2) is 4.79 Å². The van der Waals surface area contributed by atoms with Gasteiger partial charge in [-0.05, 0) is 29.8 Å². The van der Waals surface area contributed by atoms with Crippen LogP contribution in [0.2, 0.25) is 0 Å². The van der Waals surface area contributed by atoms with Gasteiger partial charge in [0.05, 0.1) is 12.7 Å². The van der Waals surface area contributed by atoms with E-state index in [2.05, 4.69) is 49.9 Å². The van der Waals surface area contributed by atoms with Crippen molar-refractivity contribution in [1.29, 1.82) is 0 Å². The van der Waals surface area contributed by atoms with Crippen LogP contribution in [0.4, 0.5) is 10.5 Å². The monoisotopic (exact) mass is 435 g/mol. The maximum Gasteiger partial charge on any atom is 0.319 e. The van der Waals surface area contributed by atoms with E-state index in [0.29, 0.717) is 30.6 Å². The summed E-state index contributed by atoms with van der Waals surface area (Å²) in [6.07, 6.45) is -0.0340. The first-order chi connectivity index (χ1) is 15.6. The molecule has 0 bridgehead atoms. The van der Waals surface area contributed by atoms with Crippen LogP contribution in [0.1, 0.15) is 31.2 Å². The van der Waals surface area contributed by atoms with Crippen molar-refractivity contribution in [2.45, 2.75) is 32.4 Å². The highest BCUT2D eigenvalue weighted by Crippen LogP contribution is 2.21. The summed E-state index contributed by atoms with van der Waals surface area (Å²) >= 11 is 0. The van der Waals surface area contributed by atoms with Gasteiger partial charge in [-0.3, -0.25) is 4.90 Å². The first-order valence-corrected chi connectivity index (χ1v) is 10.9. The highest BCUT2D eigenvalue weighted by Gasteiger charge is 2.21. The van der Waals surface area contributed by atoms with E-state index in [9.17, 15) is 4.79 Å². The van der Waals surface area contributed by atoms with Gasteiger partial charge in [0, 0.05) is 43.3 Å². The van der Waals surface area contributed by atoms with Gasteiger partial charge < -0.3 is 19.9 Å². The maximum atomic E-state index is 12.3. The molecule has 0 spiro atoms. The standard InChI is InChI=1S/C24H29N5O3/c1-17(2)22-27-23(32-28-22)19-8-10-20(11-9-19)26-24(30)25-14-21-16-29(12-13-31-21)15-18-6-4-3-5-7-18/h3-11,17,21H,12-16H2,1-2H3,(H2,25,26,30). The molecule has 32 heavy (non-hydrogen) atoms. The van der Waals surface area contributed by atoms with E-state index in [1.807, 2.05) is 44.2 Å². The fraction of sp³-hybridized carbons (Fsp3) is 0.375. The summed E-state index contributed by atoms with van der Waals surface area (Å²) < 4.78 is 11.1. The molecule has 1 fully saturated rings. The smallest absolute Gasteiger partial charge is 0.319 e. The van der Waals surface area contributed by atoms with E-state index in [1.54, 1.807) is 0 Å². The highest BCUT2D eigenvalue weighted by molar-refractivity contribution is 5.89. The second kappa shape index (κ2) is 10.4. The molecule has 2 N–H and O–H groups in total. The van der Waals surface area contributed by atoms with Crippen molar-refractivity contribution in [1.82, 2.24) is 20.4 Å². The van der Waals surface area contributed by atoms with Crippen molar-refractivity contribution < 1.29 is 14.1 Å². The molecule has 0 aliphatic carbocycles. The molecule has 1 unspecified atom stereocenters. The Labute approximate surface area is 188 Å². The van der Waals surface area contributed by atoms with Crippen LogP contribution in [-0.2, 0) is 11.3 Å². The molecule has 1 atom stereocenters. The normalized spacial score (nSPS) is 16.8. The lowest BCUT2D eigenvalue weighted by molar-refractivity contribution is -0.0285. The van der Waals surface area contributed by atoms with Crippen LogP contribution in [0.3, 0.4) is 0 Å². The molecule has 0 saturated carbocycles. The van der Waals surface area contributed by atoms with Gasteiger partial charge in [0.2, 0.25) is 0 Å². The van der Waals surface area contributed by atoms with Gasteiger partial charge in [0.1, 0.15) is 0 Å². The molecule has 168 valence electrons. The number of benzene rings is 2. The molecule has 2 aromatic carbocycles. The zero-order valence-corrected chi connectivity index (χ0v) is 18.5. The Balaban J connectivity index is 1.23. The number of carbonyl (C=O) groups is 1. The molecule has 2 heterocycles. The predicted octanol–water partition coefficient (Wildman–Crippen LogP) is 3.88. The molecule has 1 aromatic heterocycles. The van der Waals surface area contributed by atoms with Crippen molar-refractivity contribution in [3.8, 4) is 11.5 Å². The number of nitrogens with zero attached hydrogens (tertiary/aromatic N) is 3. The van der Waals surface area contributed by atoms with Crippen molar-refractivity contribution in [2.24, 2.45) is 0 Å². The van der Waals surface area contributed by atoms with Crippen LogP contribution in [0.5, 0.6) is 0 Å². The molecule has 8 nitrogen and oxygen atoms in total. The first-order valence-electron chi connectivity index (χ1n) is 10.9. The molecule has 2 amide bonds. The van der Waals surface area contributed by atoms with Crippen LogP contribution >= 0.6 is 0 Å². The SMILES string of the molecule is CC(C)c1noc(-c2ccc(NC(=O)NCC3CN(Cc4ccccc4)CCO3)cc2)n1. The number of morpholine rings is 1. The highest BCUT2D eigenvalue weighted by atomic mass is 16.5. The Morgan fingerprint density at radius 3 is 2.66 bits per heavy atom. The predicted molar refractivity (Wildman–Crippen MR) is 122 cm³/mol. The van der Waals surface area contributed by atoms with Gasteiger partial charge in [0.15, 0.2) is 5.82 Å². The Morgan fingerprint density at radius 1 is 1.16 bits per heavy atom. The topological polar surface area (TPSA) is 92.5 Å². The van der Waals surface area contributed by atoms with E-state index in [0.717, 1.165) is 25.2 Å². The zero-order chi connectivity index (χ0) is 22.3. The van der Waals surface area contributed by atoms with Gasteiger partial charge in [-0.2, -0.15) is 4.98 Å². The van der Waals surface area contributed by atoms with Crippen LogP contribution in [0.15, 0.2) is 59.1 Å². The second-order valence-electron chi connectivity index (χ2n) is 8.24. The molecule has 8 heteroatoms. The average Bonchev–Trinajstić information content (AvgIpc) is 3.30. The molecular weight excluding hydrogens is 406 g/mol.